The lowest BCUT2D eigenvalue weighted by atomic mass is 10.1. The molecule has 0 aliphatic rings. The molecule has 0 N–H and O–H groups in total. The molecule has 1 heterocycles. The third-order valence-electron chi connectivity index (χ3n) is 4.45. The number of hydrogen-bond donors (Lipinski definition) is 0. The number of aromatic nitrogens is 1. The van der Waals surface area contributed by atoms with E-state index >= 15 is 0 Å². The highest BCUT2D eigenvalue weighted by molar-refractivity contribution is 5.13. The summed E-state index contributed by atoms with van der Waals surface area (Å²) in [5.74, 6) is 0. The fourth-order valence-corrected chi connectivity index (χ4v) is 3.08. The fourth-order valence-electron chi connectivity index (χ4n) is 3.08. The number of nitrogens with zero attached hydrogens (tertiary/aromatic N) is 1. The maximum Gasteiger partial charge on any atom is 0.173 e. The third kappa shape index (κ3) is 7.45. The normalized spacial score (nSPS) is 10.8. The monoisotopic (exact) mass is 310 g/mol. The molecule has 1 aromatic carbocycles. The quantitative estimate of drug-likeness (QED) is 0.370. The predicted molar refractivity (Wildman–Crippen MR) is 98.5 cm³/mol. The van der Waals surface area contributed by atoms with E-state index in [9.17, 15) is 0 Å². The SMILES string of the molecule is CCCCCCCCCCc1ccc[n+](Cc2ccccc2)c1. The highest BCUT2D eigenvalue weighted by Gasteiger charge is 2.04. The second-order valence-electron chi connectivity index (χ2n) is 6.60. The van der Waals surface area contributed by atoms with Gasteiger partial charge in [-0.3, -0.25) is 0 Å². The van der Waals surface area contributed by atoms with Gasteiger partial charge in [-0.1, -0.05) is 82.2 Å². The average molecular weight is 311 g/mol. The zero-order chi connectivity index (χ0) is 16.2. The molecule has 1 heteroatoms. The smallest absolute Gasteiger partial charge is 0.173 e. The Hall–Kier alpha value is -1.63. The number of unbranched alkanes of at least 4 members (excludes halogenated alkanes) is 7. The molecule has 23 heavy (non-hydrogen) atoms. The topological polar surface area (TPSA) is 3.88 Å². The lowest BCUT2D eigenvalue weighted by Gasteiger charge is -2.03. The summed E-state index contributed by atoms with van der Waals surface area (Å²) in [5, 5.41) is 0. The van der Waals surface area contributed by atoms with E-state index in [1.165, 1.54) is 68.9 Å². The van der Waals surface area contributed by atoms with Gasteiger partial charge in [0, 0.05) is 17.2 Å². The van der Waals surface area contributed by atoms with E-state index in [4.69, 9.17) is 0 Å². The van der Waals surface area contributed by atoms with E-state index in [0.717, 1.165) is 6.54 Å². The molecule has 1 nitrogen and oxygen atoms in total. The van der Waals surface area contributed by atoms with Crippen molar-refractivity contribution in [1.29, 1.82) is 0 Å². The highest BCUT2D eigenvalue weighted by atomic mass is 14.9. The van der Waals surface area contributed by atoms with Crippen LogP contribution >= 0.6 is 0 Å². The summed E-state index contributed by atoms with van der Waals surface area (Å²) in [4.78, 5) is 0. The van der Waals surface area contributed by atoms with Crippen molar-refractivity contribution in [2.24, 2.45) is 0 Å². The minimum atomic E-state index is 0.964. The number of hydrogen-bond acceptors (Lipinski definition) is 0. The summed E-state index contributed by atoms with van der Waals surface area (Å²) in [7, 11) is 0. The molecule has 2 aromatic rings. The van der Waals surface area contributed by atoms with Crippen LogP contribution in [0.25, 0.3) is 0 Å². The molecule has 0 unspecified atom stereocenters. The fraction of sp³-hybridized carbons (Fsp3) is 0.500. The van der Waals surface area contributed by atoms with Crippen molar-refractivity contribution in [2.75, 3.05) is 0 Å². The van der Waals surface area contributed by atoms with E-state index in [2.05, 4.69) is 66.3 Å². The maximum atomic E-state index is 2.31. The van der Waals surface area contributed by atoms with Crippen LogP contribution in [0, 0.1) is 0 Å². The van der Waals surface area contributed by atoms with Gasteiger partial charge in [0.2, 0.25) is 0 Å². The van der Waals surface area contributed by atoms with Crippen LogP contribution in [0.1, 0.15) is 69.4 Å². The van der Waals surface area contributed by atoms with Crippen LogP contribution in [0.3, 0.4) is 0 Å². The minimum absolute atomic E-state index is 0.964. The van der Waals surface area contributed by atoms with Gasteiger partial charge in [0.1, 0.15) is 0 Å². The minimum Gasteiger partial charge on any atom is -0.201 e. The molecule has 1 aromatic heterocycles. The summed E-state index contributed by atoms with van der Waals surface area (Å²) in [5.41, 5.74) is 2.83. The summed E-state index contributed by atoms with van der Waals surface area (Å²) in [6.45, 7) is 3.25. The van der Waals surface area contributed by atoms with E-state index in [1.54, 1.807) is 0 Å². The molecule has 0 spiro atoms. The van der Waals surface area contributed by atoms with Gasteiger partial charge in [-0.2, -0.15) is 0 Å². The number of benzene rings is 1. The first-order chi connectivity index (χ1) is 11.4. The number of pyridine rings is 1. The number of aryl methyl sites for hydroxylation is 1. The zero-order valence-corrected chi connectivity index (χ0v) is 14.7. The van der Waals surface area contributed by atoms with E-state index in [1.807, 2.05) is 0 Å². The Bertz CT molecular complexity index is 533. The molecule has 0 fully saturated rings. The van der Waals surface area contributed by atoms with Crippen LogP contribution in [0.5, 0.6) is 0 Å². The van der Waals surface area contributed by atoms with Gasteiger partial charge in [0.25, 0.3) is 0 Å². The average Bonchev–Trinajstić information content (AvgIpc) is 2.58. The molecular formula is C22H32N+. The molecule has 0 aliphatic carbocycles. The van der Waals surface area contributed by atoms with Crippen LogP contribution in [0.2, 0.25) is 0 Å². The van der Waals surface area contributed by atoms with Crippen molar-refractivity contribution >= 4 is 0 Å². The van der Waals surface area contributed by atoms with Crippen molar-refractivity contribution in [3.63, 3.8) is 0 Å². The van der Waals surface area contributed by atoms with Crippen molar-refractivity contribution in [1.82, 2.24) is 0 Å². The maximum absolute atomic E-state index is 2.31. The Morgan fingerprint density at radius 1 is 0.696 bits per heavy atom. The van der Waals surface area contributed by atoms with Crippen LogP contribution in [0.15, 0.2) is 54.9 Å². The van der Waals surface area contributed by atoms with Gasteiger partial charge in [0.05, 0.1) is 0 Å². The van der Waals surface area contributed by atoms with Crippen LogP contribution in [-0.4, -0.2) is 0 Å². The Labute approximate surface area is 142 Å². The molecule has 0 saturated carbocycles. The van der Waals surface area contributed by atoms with Crippen molar-refractivity contribution in [3.8, 4) is 0 Å². The molecule has 124 valence electrons. The molecule has 0 radical (unpaired) electrons. The summed E-state index contributed by atoms with van der Waals surface area (Å²) in [6.07, 6.45) is 16.8. The van der Waals surface area contributed by atoms with Crippen molar-refractivity contribution in [3.05, 3.63) is 66.0 Å². The van der Waals surface area contributed by atoms with Gasteiger partial charge in [-0.15, -0.1) is 0 Å². The molecule has 0 bridgehead atoms. The Morgan fingerprint density at radius 3 is 2.09 bits per heavy atom. The van der Waals surface area contributed by atoms with E-state index < -0.39 is 0 Å². The van der Waals surface area contributed by atoms with Gasteiger partial charge >= 0.3 is 0 Å². The van der Waals surface area contributed by atoms with Gasteiger partial charge in [0.15, 0.2) is 18.9 Å². The summed E-state index contributed by atoms with van der Waals surface area (Å²) < 4.78 is 2.30. The second-order valence-corrected chi connectivity index (χ2v) is 6.60. The van der Waals surface area contributed by atoms with Crippen LogP contribution in [0.4, 0.5) is 0 Å². The highest BCUT2D eigenvalue weighted by Crippen LogP contribution is 2.10. The molecule has 0 atom stereocenters. The largest absolute Gasteiger partial charge is 0.201 e. The first-order valence-electron chi connectivity index (χ1n) is 9.40. The van der Waals surface area contributed by atoms with Gasteiger partial charge in [-0.25, -0.2) is 4.57 Å². The Balaban J connectivity index is 1.67. The Morgan fingerprint density at radius 2 is 1.35 bits per heavy atom. The number of rotatable bonds is 11. The van der Waals surface area contributed by atoms with Gasteiger partial charge in [-0.05, 0) is 18.9 Å². The molecule has 0 saturated heterocycles. The van der Waals surface area contributed by atoms with Crippen LogP contribution in [-0.2, 0) is 13.0 Å². The Kier molecular flexibility index (Phi) is 8.47. The second kappa shape index (κ2) is 11.0. The predicted octanol–water partition coefficient (Wildman–Crippen LogP) is 5.71. The lowest BCUT2D eigenvalue weighted by Crippen LogP contribution is -2.33. The van der Waals surface area contributed by atoms with Crippen molar-refractivity contribution in [2.45, 2.75) is 71.3 Å². The zero-order valence-electron chi connectivity index (χ0n) is 14.7. The van der Waals surface area contributed by atoms with Crippen molar-refractivity contribution < 1.29 is 4.57 Å². The standard InChI is InChI=1S/C22H32N/c1-2-3-4-5-6-7-8-10-14-22-17-13-18-23(20-22)19-21-15-11-9-12-16-21/h9,11-13,15-18,20H,2-8,10,14,19H2,1H3/q+1. The molecule has 0 amide bonds. The lowest BCUT2D eigenvalue weighted by molar-refractivity contribution is -0.688. The molecule has 2 rings (SSSR count). The molecular weight excluding hydrogens is 278 g/mol. The summed E-state index contributed by atoms with van der Waals surface area (Å²) in [6, 6.07) is 15.1. The summed E-state index contributed by atoms with van der Waals surface area (Å²) >= 11 is 0. The van der Waals surface area contributed by atoms with E-state index in [0.29, 0.717) is 0 Å². The van der Waals surface area contributed by atoms with E-state index in [-0.39, 0.29) is 0 Å². The first kappa shape index (κ1) is 17.7. The third-order valence-corrected chi connectivity index (χ3v) is 4.45. The van der Waals surface area contributed by atoms with Crippen LogP contribution < -0.4 is 4.57 Å². The van der Waals surface area contributed by atoms with Gasteiger partial charge < -0.3 is 0 Å². The molecule has 0 aliphatic heterocycles. The first-order valence-corrected chi connectivity index (χ1v) is 9.40.